The topological polar surface area (TPSA) is 78.4 Å². The van der Waals surface area contributed by atoms with Crippen LogP contribution >= 0.6 is 0 Å². The molecule has 2 unspecified atom stereocenters. The Labute approximate surface area is 132 Å². The van der Waals surface area contributed by atoms with Crippen LogP contribution in [0.2, 0.25) is 0 Å². The molecule has 0 saturated carbocycles. The van der Waals surface area contributed by atoms with E-state index in [-0.39, 0.29) is 36.7 Å². The molecular formula is C17H26N2O3. The van der Waals surface area contributed by atoms with Crippen LogP contribution in [0.25, 0.3) is 0 Å². The number of amides is 2. The smallest absolute Gasteiger partial charge is 0.251 e. The number of nitrogens with one attached hydrogen (secondary N) is 2. The van der Waals surface area contributed by atoms with Gasteiger partial charge in [0.15, 0.2) is 0 Å². The average molecular weight is 306 g/mol. The standard InChI is InChI=1S/C17H26N2O3/c1-12(2)17(4,22)11-18-15(20)10-13(3)19-16(21)14-8-6-5-7-9-14/h5-9,12-13,22H,10-11H2,1-4H3,(H,18,20)(H,19,21). The number of carbonyl (C=O) groups excluding carboxylic acids is 2. The molecule has 2 amide bonds. The molecule has 1 rings (SSSR count). The lowest BCUT2D eigenvalue weighted by Crippen LogP contribution is -2.45. The van der Waals surface area contributed by atoms with Crippen molar-refractivity contribution in [3.8, 4) is 0 Å². The molecule has 0 spiro atoms. The summed E-state index contributed by atoms with van der Waals surface area (Å²) in [6.07, 6.45) is 0.173. The molecule has 5 heteroatoms. The molecule has 0 bridgehead atoms. The third-order valence-corrected chi connectivity index (χ3v) is 3.79. The number of hydrogen-bond donors (Lipinski definition) is 3. The summed E-state index contributed by atoms with van der Waals surface area (Å²) >= 11 is 0. The van der Waals surface area contributed by atoms with E-state index in [4.69, 9.17) is 0 Å². The van der Waals surface area contributed by atoms with Crippen molar-refractivity contribution in [2.75, 3.05) is 6.54 Å². The predicted molar refractivity (Wildman–Crippen MR) is 86.5 cm³/mol. The third kappa shape index (κ3) is 5.85. The Balaban J connectivity index is 2.40. The molecule has 5 nitrogen and oxygen atoms in total. The molecule has 3 N–H and O–H groups in total. The van der Waals surface area contributed by atoms with Gasteiger partial charge in [-0.05, 0) is 31.9 Å². The van der Waals surface area contributed by atoms with Gasteiger partial charge in [0.05, 0.1) is 5.60 Å². The molecule has 2 atom stereocenters. The molecule has 1 aromatic carbocycles. The van der Waals surface area contributed by atoms with Crippen LogP contribution in [0.15, 0.2) is 30.3 Å². The first-order valence-electron chi connectivity index (χ1n) is 7.57. The Hall–Kier alpha value is -1.88. The molecule has 122 valence electrons. The third-order valence-electron chi connectivity index (χ3n) is 3.79. The normalized spacial score (nSPS) is 15.0. The van der Waals surface area contributed by atoms with Crippen LogP contribution in [0.3, 0.4) is 0 Å². The van der Waals surface area contributed by atoms with E-state index >= 15 is 0 Å². The Morgan fingerprint density at radius 1 is 1.18 bits per heavy atom. The number of rotatable bonds is 7. The van der Waals surface area contributed by atoms with Gasteiger partial charge < -0.3 is 15.7 Å². The fourth-order valence-corrected chi connectivity index (χ4v) is 1.78. The van der Waals surface area contributed by atoms with Gasteiger partial charge in [0.2, 0.25) is 5.91 Å². The van der Waals surface area contributed by atoms with E-state index in [0.717, 1.165) is 0 Å². The average Bonchev–Trinajstić information content (AvgIpc) is 2.45. The minimum absolute atomic E-state index is 0.0445. The van der Waals surface area contributed by atoms with E-state index in [1.807, 2.05) is 19.9 Å². The zero-order valence-corrected chi connectivity index (χ0v) is 13.7. The van der Waals surface area contributed by atoms with Crippen LogP contribution in [0.1, 0.15) is 44.5 Å². The Morgan fingerprint density at radius 3 is 2.32 bits per heavy atom. The van der Waals surface area contributed by atoms with E-state index in [2.05, 4.69) is 10.6 Å². The summed E-state index contributed by atoms with van der Waals surface area (Å²) < 4.78 is 0. The lowest BCUT2D eigenvalue weighted by atomic mass is 9.92. The minimum atomic E-state index is -0.938. The molecule has 0 aromatic heterocycles. The van der Waals surface area contributed by atoms with Crippen LogP contribution < -0.4 is 10.6 Å². The minimum Gasteiger partial charge on any atom is -0.388 e. The highest BCUT2D eigenvalue weighted by Gasteiger charge is 2.25. The maximum absolute atomic E-state index is 12.0. The molecular weight excluding hydrogens is 280 g/mol. The Bertz CT molecular complexity index is 498. The maximum atomic E-state index is 12.0. The second kappa shape index (κ2) is 7.94. The maximum Gasteiger partial charge on any atom is 0.251 e. The zero-order chi connectivity index (χ0) is 16.8. The van der Waals surface area contributed by atoms with E-state index in [9.17, 15) is 14.7 Å². The van der Waals surface area contributed by atoms with Gasteiger partial charge in [-0.25, -0.2) is 0 Å². The van der Waals surface area contributed by atoms with Gasteiger partial charge >= 0.3 is 0 Å². The van der Waals surface area contributed by atoms with Crippen LogP contribution in [-0.4, -0.2) is 35.1 Å². The molecule has 0 fully saturated rings. The van der Waals surface area contributed by atoms with Crippen LogP contribution in [0.4, 0.5) is 0 Å². The first-order valence-corrected chi connectivity index (χ1v) is 7.57. The van der Waals surface area contributed by atoms with Gasteiger partial charge in [-0.15, -0.1) is 0 Å². The Morgan fingerprint density at radius 2 is 1.77 bits per heavy atom. The number of carbonyl (C=O) groups is 2. The van der Waals surface area contributed by atoms with E-state index in [1.165, 1.54) is 0 Å². The summed E-state index contributed by atoms with van der Waals surface area (Å²) in [5, 5.41) is 15.6. The second-order valence-electron chi connectivity index (χ2n) is 6.23. The van der Waals surface area contributed by atoms with Crippen molar-refractivity contribution in [3.63, 3.8) is 0 Å². The molecule has 0 aliphatic heterocycles. The van der Waals surface area contributed by atoms with Gasteiger partial charge in [-0.1, -0.05) is 32.0 Å². The first-order chi connectivity index (χ1) is 10.2. The van der Waals surface area contributed by atoms with Crippen molar-refractivity contribution in [2.24, 2.45) is 5.92 Å². The summed E-state index contributed by atoms with van der Waals surface area (Å²) in [6.45, 7) is 7.46. The summed E-state index contributed by atoms with van der Waals surface area (Å²) in [6, 6.07) is 8.59. The van der Waals surface area contributed by atoms with Gasteiger partial charge in [0.1, 0.15) is 0 Å². The fraction of sp³-hybridized carbons (Fsp3) is 0.529. The van der Waals surface area contributed by atoms with Crippen LogP contribution in [-0.2, 0) is 4.79 Å². The predicted octanol–water partition coefficient (Wildman–Crippen LogP) is 1.72. The van der Waals surface area contributed by atoms with Gasteiger partial charge in [-0.2, -0.15) is 0 Å². The fourth-order valence-electron chi connectivity index (χ4n) is 1.78. The highest BCUT2D eigenvalue weighted by molar-refractivity contribution is 5.94. The van der Waals surface area contributed by atoms with E-state index < -0.39 is 5.60 Å². The highest BCUT2D eigenvalue weighted by atomic mass is 16.3. The van der Waals surface area contributed by atoms with Crippen molar-refractivity contribution < 1.29 is 14.7 Å². The van der Waals surface area contributed by atoms with Gasteiger partial charge in [0, 0.05) is 24.6 Å². The SMILES string of the molecule is CC(CC(=O)NCC(C)(O)C(C)C)NC(=O)c1ccccc1. The van der Waals surface area contributed by atoms with Crippen molar-refractivity contribution in [3.05, 3.63) is 35.9 Å². The van der Waals surface area contributed by atoms with Gasteiger partial charge in [-0.3, -0.25) is 9.59 Å². The summed E-state index contributed by atoms with van der Waals surface area (Å²) in [7, 11) is 0. The molecule has 0 aliphatic rings. The number of aliphatic hydroxyl groups is 1. The molecule has 22 heavy (non-hydrogen) atoms. The van der Waals surface area contributed by atoms with Gasteiger partial charge in [0.25, 0.3) is 5.91 Å². The highest BCUT2D eigenvalue weighted by Crippen LogP contribution is 2.14. The molecule has 0 heterocycles. The molecule has 0 saturated heterocycles. The molecule has 0 aliphatic carbocycles. The lowest BCUT2D eigenvalue weighted by molar-refractivity contribution is -0.123. The summed E-state index contributed by atoms with van der Waals surface area (Å²) in [5.41, 5.74) is -0.371. The number of hydrogen-bond acceptors (Lipinski definition) is 3. The van der Waals surface area contributed by atoms with E-state index in [0.29, 0.717) is 5.56 Å². The summed E-state index contributed by atoms with van der Waals surface area (Å²) in [4.78, 5) is 23.8. The number of benzene rings is 1. The second-order valence-corrected chi connectivity index (χ2v) is 6.23. The van der Waals surface area contributed by atoms with Crippen molar-refractivity contribution in [2.45, 2.75) is 45.8 Å². The van der Waals surface area contributed by atoms with Crippen LogP contribution in [0.5, 0.6) is 0 Å². The molecule has 1 aromatic rings. The lowest BCUT2D eigenvalue weighted by Gasteiger charge is -2.28. The largest absolute Gasteiger partial charge is 0.388 e. The summed E-state index contributed by atoms with van der Waals surface area (Å²) in [5.74, 6) is -0.347. The molecule has 0 radical (unpaired) electrons. The van der Waals surface area contributed by atoms with Crippen molar-refractivity contribution >= 4 is 11.8 Å². The van der Waals surface area contributed by atoms with Crippen molar-refractivity contribution in [1.29, 1.82) is 0 Å². The van der Waals surface area contributed by atoms with Crippen molar-refractivity contribution in [1.82, 2.24) is 10.6 Å². The Kier molecular flexibility index (Phi) is 6.56. The van der Waals surface area contributed by atoms with Crippen LogP contribution in [0, 0.1) is 5.92 Å². The monoisotopic (exact) mass is 306 g/mol. The quantitative estimate of drug-likeness (QED) is 0.717. The zero-order valence-electron chi connectivity index (χ0n) is 13.7. The van der Waals surface area contributed by atoms with E-state index in [1.54, 1.807) is 38.1 Å². The first kappa shape index (κ1) is 18.2.